The fraction of sp³-hybridized carbons (Fsp3) is 0.385. The fourth-order valence-electron chi connectivity index (χ4n) is 2.67. The lowest BCUT2D eigenvalue weighted by Crippen LogP contribution is -2.12. The normalized spacial score (nSPS) is 19.1. The Morgan fingerprint density at radius 3 is 3.16 bits per heavy atom. The standard InChI is InChI=1S/C13H16N4O2/c14-9-2-1-5-17-10(6-8-3-4-15-7-8)16-11(12(9)17)13(18)19/h1-2,5,8,15H,3-4,6-7,14H2,(H,18,19). The zero-order valence-electron chi connectivity index (χ0n) is 10.5. The number of nitrogens with two attached hydrogens (primary N) is 1. The second-order valence-electron chi connectivity index (χ2n) is 4.93. The molecule has 1 aliphatic heterocycles. The van der Waals surface area contributed by atoms with Gasteiger partial charge >= 0.3 is 5.97 Å². The first kappa shape index (κ1) is 12.0. The highest BCUT2D eigenvalue weighted by Gasteiger charge is 2.22. The quantitative estimate of drug-likeness (QED) is 0.758. The smallest absolute Gasteiger partial charge is 0.356 e. The van der Waals surface area contributed by atoms with Gasteiger partial charge in [-0.25, -0.2) is 9.78 Å². The number of anilines is 1. The number of pyridine rings is 1. The molecule has 1 saturated heterocycles. The molecule has 1 aliphatic rings. The monoisotopic (exact) mass is 260 g/mol. The summed E-state index contributed by atoms with van der Waals surface area (Å²) in [6.07, 6.45) is 3.69. The molecule has 2 aromatic heterocycles. The van der Waals surface area contributed by atoms with E-state index in [0.717, 1.165) is 31.8 Å². The molecule has 100 valence electrons. The summed E-state index contributed by atoms with van der Waals surface area (Å²) in [5.74, 6) is 0.244. The SMILES string of the molecule is Nc1cccn2c(CC3CCNC3)nc(C(=O)O)c12. The lowest BCUT2D eigenvalue weighted by Gasteiger charge is -2.07. The Hall–Kier alpha value is -2.08. The molecule has 3 heterocycles. The van der Waals surface area contributed by atoms with Gasteiger partial charge in [-0.05, 0) is 37.6 Å². The van der Waals surface area contributed by atoms with Crippen LogP contribution < -0.4 is 11.1 Å². The minimum absolute atomic E-state index is 0.0408. The second kappa shape index (κ2) is 4.55. The van der Waals surface area contributed by atoms with Crippen molar-refractivity contribution in [1.29, 1.82) is 0 Å². The van der Waals surface area contributed by atoms with Crippen LogP contribution in [0.25, 0.3) is 5.52 Å². The number of carboxylic acid groups (broad SMARTS) is 1. The van der Waals surface area contributed by atoms with Crippen LogP contribution in [0, 0.1) is 5.92 Å². The molecule has 4 N–H and O–H groups in total. The molecule has 0 aliphatic carbocycles. The third kappa shape index (κ3) is 2.04. The van der Waals surface area contributed by atoms with E-state index in [-0.39, 0.29) is 5.69 Å². The number of aromatic nitrogens is 2. The third-order valence-electron chi connectivity index (χ3n) is 3.60. The van der Waals surface area contributed by atoms with Crippen LogP contribution in [0.3, 0.4) is 0 Å². The van der Waals surface area contributed by atoms with E-state index >= 15 is 0 Å². The lowest BCUT2D eigenvalue weighted by molar-refractivity contribution is 0.0693. The number of nitrogen functional groups attached to an aromatic ring is 1. The Balaban J connectivity index is 2.09. The van der Waals surface area contributed by atoms with E-state index in [0.29, 0.717) is 17.1 Å². The van der Waals surface area contributed by atoms with E-state index in [1.807, 2.05) is 12.3 Å². The van der Waals surface area contributed by atoms with Gasteiger partial charge < -0.3 is 20.6 Å². The first-order valence-corrected chi connectivity index (χ1v) is 6.36. The van der Waals surface area contributed by atoms with Gasteiger partial charge in [-0.15, -0.1) is 0 Å². The Kier molecular flexibility index (Phi) is 2.87. The molecule has 19 heavy (non-hydrogen) atoms. The fourth-order valence-corrected chi connectivity index (χ4v) is 2.67. The molecule has 0 bridgehead atoms. The van der Waals surface area contributed by atoms with Gasteiger partial charge in [-0.1, -0.05) is 0 Å². The highest BCUT2D eigenvalue weighted by Crippen LogP contribution is 2.23. The van der Waals surface area contributed by atoms with Gasteiger partial charge in [-0.3, -0.25) is 0 Å². The summed E-state index contributed by atoms with van der Waals surface area (Å²) in [6.45, 7) is 1.97. The topological polar surface area (TPSA) is 92.7 Å². The summed E-state index contributed by atoms with van der Waals surface area (Å²) in [5, 5.41) is 12.5. The van der Waals surface area contributed by atoms with Gasteiger partial charge in [0.1, 0.15) is 11.3 Å². The van der Waals surface area contributed by atoms with Gasteiger partial charge in [0.05, 0.1) is 5.69 Å². The molecule has 6 nitrogen and oxygen atoms in total. The van der Waals surface area contributed by atoms with Crippen LogP contribution in [-0.4, -0.2) is 33.6 Å². The van der Waals surface area contributed by atoms with E-state index in [1.54, 1.807) is 10.5 Å². The minimum atomic E-state index is -1.04. The number of hydrogen-bond donors (Lipinski definition) is 3. The van der Waals surface area contributed by atoms with Crippen molar-refractivity contribution in [3.8, 4) is 0 Å². The zero-order chi connectivity index (χ0) is 13.4. The number of nitrogens with zero attached hydrogens (tertiary/aromatic N) is 2. The third-order valence-corrected chi connectivity index (χ3v) is 3.60. The summed E-state index contributed by atoms with van der Waals surface area (Å²) >= 11 is 0. The van der Waals surface area contributed by atoms with Gasteiger partial charge in [0.2, 0.25) is 0 Å². The van der Waals surface area contributed by atoms with Crippen LogP contribution in [-0.2, 0) is 6.42 Å². The largest absolute Gasteiger partial charge is 0.476 e. The number of rotatable bonds is 3. The lowest BCUT2D eigenvalue weighted by atomic mass is 10.0. The van der Waals surface area contributed by atoms with E-state index < -0.39 is 5.97 Å². The van der Waals surface area contributed by atoms with E-state index in [1.165, 1.54) is 0 Å². The van der Waals surface area contributed by atoms with Crippen LogP contribution in [0.5, 0.6) is 0 Å². The molecular weight excluding hydrogens is 244 g/mol. The molecule has 3 rings (SSSR count). The predicted octanol–water partition coefficient (Wildman–Crippen LogP) is 0.767. The van der Waals surface area contributed by atoms with Gasteiger partial charge in [-0.2, -0.15) is 0 Å². The van der Waals surface area contributed by atoms with Crippen LogP contribution in [0.2, 0.25) is 0 Å². The molecule has 0 aromatic carbocycles. The molecule has 0 saturated carbocycles. The number of carboxylic acids is 1. The first-order valence-electron chi connectivity index (χ1n) is 6.36. The van der Waals surface area contributed by atoms with E-state index in [9.17, 15) is 9.90 Å². The number of carbonyl (C=O) groups is 1. The Morgan fingerprint density at radius 2 is 2.47 bits per heavy atom. The molecule has 0 radical (unpaired) electrons. The first-order chi connectivity index (χ1) is 9.16. The van der Waals surface area contributed by atoms with Crippen molar-refractivity contribution in [1.82, 2.24) is 14.7 Å². The molecule has 0 amide bonds. The Bertz CT molecular complexity index is 629. The molecule has 1 unspecified atom stereocenters. The Morgan fingerprint density at radius 1 is 1.63 bits per heavy atom. The summed E-state index contributed by atoms with van der Waals surface area (Å²) in [5.41, 5.74) is 6.86. The van der Waals surface area contributed by atoms with Crippen molar-refractivity contribution < 1.29 is 9.90 Å². The van der Waals surface area contributed by atoms with Gasteiger partial charge in [0.25, 0.3) is 0 Å². The maximum Gasteiger partial charge on any atom is 0.356 e. The number of hydrogen-bond acceptors (Lipinski definition) is 4. The average Bonchev–Trinajstić information content (AvgIpc) is 2.99. The number of fused-ring (bicyclic) bond motifs is 1. The van der Waals surface area contributed by atoms with Crippen LogP contribution >= 0.6 is 0 Å². The van der Waals surface area contributed by atoms with Crippen molar-refractivity contribution in [2.24, 2.45) is 5.92 Å². The summed E-state index contributed by atoms with van der Waals surface area (Å²) < 4.78 is 1.80. The van der Waals surface area contributed by atoms with Crippen molar-refractivity contribution in [3.63, 3.8) is 0 Å². The maximum atomic E-state index is 11.3. The number of nitrogens with one attached hydrogen (secondary N) is 1. The van der Waals surface area contributed by atoms with Crippen LogP contribution in [0.15, 0.2) is 18.3 Å². The molecule has 1 fully saturated rings. The summed E-state index contributed by atoms with van der Waals surface area (Å²) in [7, 11) is 0. The summed E-state index contributed by atoms with van der Waals surface area (Å²) in [6, 6.07) is 3.51. The minimum Gasteiger partial charge on any atom is -0.476 e. The van der Waals surface area contributed by atoms with E-state index in [2.05, 4.69) is 10.3 Å². The maximum absolute atomic E-state index is 11.3. The molecule has 0 spiro atoms. The van der Waals surface area contributed by atoms with E-state index in [4.69, 9.17) is 5.73 Å². The molecule has 6 heteroatoms. The van der Waals surface area contributed by atoms with Crippen LogP contribution in [0.4, 0.5) is 5.69 Å². The van der Waals surface area contributed by atoms with Gasteiger partial charge in [0, 0.05) is 12.6 Å². The highest BCUT2D eigenvalue weighted by molar-refractivity contribution is 5.97. The van der Waals surface area contributed by atoms with Crippen molar-refractivity contribution in [2.75, 3.05) is 18.8 Å². The van der Waals surface area contributed by atoms with Crippen molar-refractivity contribution in [3.05, 3.63) is 29.8 Å². The van der Waals surface area contributed by atoms with Crippen molar-refractivity contribution >= 4 is 17.2 Å². The number of imidazole rings is 1. The molecular formula is C13H16N4O2. The number of aromatic carboxylic acids is 1. The summed E-state index contributed by atoms with van der Waals surface area (Å²) in [4.78, 5) is 15.5. The second-order valence-corrected chi connectivity index (χ2v) is 4.93. The predicted molar refractivity (Wildman–Crippen MR) is 71.2 cm³/mol. The van der Waals surface area contributed by atoms with Crippen LogP contribution in [0.1, 0.15) is 22.7 Å². The van der Waals surface area contributed by atoms with Crippen molar-refractivity contribution in [2.45, 2.75) is 12.8 Å². The Labute approximate surface area is 110 Å². The highest BCUT2D eigenvalue weighted by atomic mass is 16.4. The molecule has 1 atom stereocenters. The molecule has 2 aromatic rings. The zero-order valence-corrected chi connectivity index (χ0v) is 10.5. The average molecular weight is 260 g/mol. The van der Waals surface area contributed by atoms with Gasteiger partial charge in [0.15, 0.2) is 5.69 Å².